The summed E-state index contributed by atoms with van der Waals surface area (Å²) < 4.78 is 42.6. The van der Waals surface area contributed by atoms with Crippen molar-refractivity contribution in [2.75, 3.05) is 26.5 Å². The number of benzene rings is 1. The smallest absolute Gasteiger partial charge is 0.297 e. The van der Waals surface area contributed by atoms with Crippen LogP contribution in [0.3, 0.4) is 0 Å². The van der Waals surface area contributed by atoms with Crippen molar-refractivity contribution in [2.24, 2.45) is 7.05 Å². The standard InChI is InChI=1S/C25H26F3N5O4/c1-13-18(21(35)30-16-7-8-17(26)15(9-16)10-29)14(2)32(5)19(13)20(34)22(36)33(6)24(23(37)31(3)4)11-25(27,28)12-24/h7-9H,11-12H2,1-6H3,(H,30,35). The lowest BCUT2D eigenvalue weighted by atomic mass is 9.71. The molecular formula is C25H26F3N5O4. The third-order valence-electron chi connectivity index (χ3n) is 6.76. The Morgan fingerprint density at radius 3 is 2.22 bits per heavy atom. The topological polar surface area (TPSA) is 116 Å². The SMILES string of the molecule is Cc1c(C(=O)Nc2ccc(F)c(C#N)c2)c(C)n(C)c1C(=O)C(=O)N(C)C1(C(=O)N(C)C)CC(F)(F)C1. The molecule has 1 heterocycles. The minimum Gasteiger partial charge on any atom is -0.347 e. The molecule has 196 valence electrons. The maximum atomic E-state index is 13.8. The highest BCUT2D eigenvalue weighted by Crippen LogP contribution is 2.49. The van der Waals surface area contributed by atoms with Gasteiger partial charge in [-0.3, -0.25) is 19.2 Å². The number of likely N-dealkylation sites (N-methyl/N-ethyl adjacent to an activating group) is 2. The van der Waals surface area contributed by atoms with E-state index in [4.69, 9.17) is 5.26 Å². The Hall–Kier alpha value is -4.14. The Morgan fingerprint density at radius 2 is 1.70 bits per heavy atom. The second-order valence-electron chi connectivity index (χ2n) is 9.39. The Morgan fingerprint density at radius 1 is 1.11 bits per heavy atom. The van der Waals surface area contributed by atoms with Gasteiger partial charge in [-0.2, -0.15) is 5.26 Å². The predicted molar refractivity (Wildman–Crippen MR) is 127 cm³/mol. The average molecular weight is 518 g/mol. The monoisotopic (exact) mass is 517 g/mol. The summed E-state index contributed by atoms with van der Waals surface area (Å²) in [6, 6.07) is 5.12. The van der Waals surface area contributed by atoms with Gasteiger partial charge in [0.05, 0.1) is 16.8 Å². The molecule has 1 saturated carbocycles. The van der Waals surface area contributed by atoms with Crippen LogP contribution in [0.15, 0.2) is 18.2 Å². The van der Waals surface area contributed by atoms with E-state index >= 15 is 0 Å². The molecule has 1 aromatic heterocycles. The van der Waals surface area contributed by atoms with Crippen LogP contribution >= 0.6 is 0 Å². The molecule has 1 N–H and O–H groups in total. The number of aromatic nitrogens is 1. The number of halogens is 3. The first-order valence-corrected chi connectivity index (χ1v) is 11.2. The summed E-state index contributed by atoms with van der Waals surface area (Å²) >= 11 is 0. The van der Waals surface area contributed by atoms with Gasteiger partial charge in [0, 0.05) is 52.4 Å². The molecule has 37 heavy (non-hydrogen) atoms. The molecule has 0 radical (unpaired) electrons. The first-order chi connectivity index (χ1) is 17.1. The van der Waals surface area contributed by atoms with Gasteiger partial charge in [0.15, 0.2) is 0 Å². The molecule has 0 saturated heterocycles. The molecule has 9 nitrogen and oxygen atoms in total. The van der Waals surface area contributed by atoms with E-state index in [2.05, 4.69) is 5.32 Å². The van der Waals surface area contributed by atoms with Crippen molar-refractivity contribution < 1.29 is 32.3 Å². The van der Waals surface area contributed by atoms with Crippen molar-refractivity contribution in [2.45, 2.75) is 38.2 Å². The fraction of sp³-hybridized carbons (Fsp3) is 0.400. The van der Waals surface area contributed by atoms with E-state index in [1.165, 1.54) is 38.7 Å². The van der Waals surface area contributed by atoms with Gasteiger partial charge in [-0.15, -0.1) is 0 Å². The van der Waals surface area contributed by atoms with Crippen LogP contribution in [0.2, 0.25) is 0 Å². The van der Waals surface area contributed by atoms with Crippen LogP contribution in [0.5, 0.6) is 0 Å². The van der Waals surface area contributed by atoms with E-state index in [-0.39, 0.29) is 28.1 Å². The van der Waals surface area contributed by atoms with E-state index in [1.807, 2.05) is 0 Å². The van der Waals surface area contributed by atoms with Crippen LogP contribution in [0, 0.1) is 31.0 Å². The van der Waals surface area contributed by atoms with E-state index in [9.17, 15) is 32.3 Å². The lowest BCUT2D eigenvalue weighted by molar-refractivity contribution is -0.192. The number of nitriles is 1. The van der Waals surface area contributed by atoms with Crippen molar-refractivity contribution in [1.29, 1.82) is 5.26 Å². The molecule has 0 bridgehead atoms. The number of amides is 3. The van der Waals surface area contributed by atoms with Crippen LogP contribution in [0.25, 0.3) is 0 Å². The number of anilines is 1. The highest BCUT2D eigenvalue weighted by Gasteiger charge is 2.65. The van der Waals surface area contributed by atoms with Gasteiger partial charge in [-0.05, 0) is 37.6 Å². The Balaban J connectivity index is 1.94. The fourth-order valence-electron chi connectivity index (χ4n) is 4.72. The van der Waals surface area contributed by atoms with E-state index in [1.54, 1.807) is 13.0 Å². The van der Waals surface area contributed by atoms with Crippen molar-refractivity contribution >= 4 is 29.2 Å². The molecule has 2 aromatic rings. The largest absolute Gasteiger partial charge is 0.347 e. The maximum Gasteiger partial charge on any atom is 0.297 e. The number of carbonyl (C=O) groups excluding carboxylic acids is 4. The zero-order valence-electron chi connectivity index (χ0n) is 21.2. The minimum absolute atomic E-state index is 0.0680. The van der Waals surface area contributed by atoms with Crippen LogP contribution < -0.4 is 5.32 Å². The predicted octanol–water partition coefficient (Wildman–Crippen LogP) is 2.80. The van der Waals surface area contributed by atoms with Crippen LogP contribution in [0.4, 0.5) is 18.9 Å². The zero-order valence-corrected chi connectivity index (χ0v) is 21.2. The van der Waals surface area contributed by atoms with Crippen molar-refractivity contribution in [3.05, 3.63) is 52.1 Å². The van der Waals surface area contributed by atoms with E-state index < -0.39 is 53.6 Å². The number of rotatable bonds is 6. The lowest BCUT2D eigenvalue weighted by Crippen LogP contribution is -2.70. The number of carbonyl (C=O) groups is 4. The highest BCUT2D eigenvalue weighted by atomic mass is 19.3. The summed E-state index contributed by atoms with van der Waals surface area (Å²) in [4.78, 5) is 54.1. The second-order valence-corrected chi connectivity index (χ2v) is 9.39. The molecule has 1 aromatic carbocycles. The van der Waals surface area contributed by atoms with E-state index in [0.717, 1.165) is 29.0 Å². The summed E-state index contributed by atoms with van der Waals surface area (Å²) in [6.07, 6.45) is -1.82. The van der Waals surface area contributed by atoms with Gasteiger partial charge in [0.1, 0.15) is 17.4 Å². The Kier molecular flexibility index (Phi) is 6.96. The van der Waals surface area contributed by atoms with E-state index in [0.29, 0.717) is 5.69 Å². The molecule has 0 aliphatic heterocycles. The molecule has 1 fully saturated rings. The number of Topliss-reactive ketones (excluding diaryl/α,β-unsaturated/α-hetero) is 1. The number of ketones is 1. The third-order valence-corrected chi connectivity index (χ3v) is 6.76. The molecule has 1 aliphatic rings. The molecule has 1 aliphatic carbocycles. The van der Waals surface area contributed by atoms with Gasteiger partial charge < -0.3 is 19.7 Å². The molecule has 0 unspecified atom stereocenters. The number of nitrogens with zero attached hydrogens (tertiary/aromatic N) is 4. The third kappa shape index (κ3) is 4.57. The molecular weight excluding hydrogens is 491 g/mol. The first-order valence-electron chi connectivity index (χ1n) is 11.2. The average Bonchev–Trinajstić information content (AvgIpc) is 3.04. The van der Waals surface area contributed by atoms with Crippen LogP contribution in [-0.4, -0.2) is 70.5 Å². The molecule has 3 rings (SSSR count). The molecule has 0 atom stereocenters. The fourth-order valence-corrected chi connectivity index (χ4v) is 4.72. The summed E-state index contributed by atoms with van der Waals surface area (Å²) in [5, 5.41) is 11.5. The van der Waals surface area contributed by atoms with Gasteiger partial charge in [0.2, 0.25) is 5.91 Å². The van der Waals surface area contributed by atoms with Crippen molar-refractivity contribution in [3.8, 4) is 6.07 Å². The summed E-state index contributed by atoms with van der Waals surface area (Å²) in [5.41, 5.74) is -1.59. The van der Waals surface area contributed by atoms with Gasteiger partial charge in [-0.25, -0.2) is 13.2 Å². The number of alkyl halides is 2. The quantitative estimate of drug-likeness (QED) is 0.467. The van der Waals surface area contributed by atoms with Crippen molar-refractivity contribution in [1.82, 2.24) is 14.4 Å². The van der Waals surface area contributed by atoms with Crippen LogP contribution in [-0.2, 0) is 16.6 Å². The molecule has 0 spiro atoms. The van der Waals surface area contributed by atoms with Crippen molar-refractivity contribution in [3.63, 3.8) is 0 Å². The van der Waals surface area contributed by atoms with Crippen LogP contribution in [0.1, 0.15) is 50.5 Å². The minimum atomic E-state index is -3.16. The second kappa shape index (κ2) is 9.38. The number of nitrogens with one attached hydrogen (secondary N) is 1. The Bertz CT molecular complexity index is 1370. The maximum absolute atomic E-state index is 13.8. The number of hydrogen-bond donors (Lipinski definition) is 1. The Labute approximate surface area is 211 Å². The lowest BCUT2D eigenvalue weighted by Gasteiger charge is -2.51. The summed E-state index contributed by atoms with van der Waals surface area (Å²) in [5.74, 6) is -7.54. The molecule has 12 heteroatoms. The normalized spacial score (nSPS) is 15.2. The van der Waals surface area contributed by atoms with Gasteiger partial charge in [0.25, 0.3) is 23.5 Å². The zero-order chi connectivity index (χ0) is 28.0. The van der Waals surface area contributed by atoms with Gasteiger partial charge >= 0.3 is 0 Å². The van der Waals surface area contributed by atoms with Gasteiger partial charge in [-0.1, -0.05) is 0 Å². The summed E-state index contributed by atoms with van der Waals surface area (Å²) in [6.45, 7) is 2.99. The summed E-state index contributed by atoms with van der Waals surface area (Å²) in [7, 11) is 5.34. The first kappa shape index (κ1) is 27.4. The highest BCUT2D eigenvalue weighted by molar-refractivity contribution is 6.43. The number of hydrogen-bond acceptors (Lipinski definition) is 5. The molecule has 3 amide bonds.